The second-order valence-electron chi connectivity index (χ2n) is 10.6. The number of rotatable bonds is 3. The van der Waals surface area contributed by atoms with Crippen LogP contribution >= 0.6 is 19.1 Å². The first-order chi connectivity index (χ1) is 18.2. The number of fused-ring (bicyclic) bond motifs is 2. The molecule has 12 heteroatoms. The summed E-state index contributed by atoms with van der Waals surface area (Å²) >= 11 is 1.85. The number of nitrogens with zero attached hydrogens (tertiary/aromatic N) is 3. The van der Waals surface area contributed by atoms with Crippen LogP contribution in [-0.2, 0) is 4.74 Å². The third kappa shape index (κ3) is 7.52. The van der Waals surface area contributed by atoms with E-state index in [-0.39, 0.29) is 5.54 Å². The molecule has 1 aliphatic carbocycles. The van der Waals surface area contributed by atoms with Crippen molar-refractivity contribution in [3.63, 3.8) is 0 Å². The third-order valence-corrected chi connectivity index (χ3v) is 7.23. The minimum absolute atomic E-state index is 0.202. The van der Waals surface area contributed by atoms with Crippen molar-refractivity contribution in [1.29, 1.82) is 0 Å². The molecule has 0 unspecified atom stereocenters. The van der Waals surface area contributed by atoms with Crippen LogP contribution in [-0.4, -0.2) is 46.2 Å². The number of hydrogen-bond acceptors (Lipinski definition) is 4. The topological polar surface area (TPSA) is 27.8 Å². The Kier molecular flexibility index (Phi) is 7.04. The molecule has 0 saturated heterocycles. The van der Waals surface area contributed by atoms with Crippen molar-refractivity contribution in [1.82, 2.24) is 4.58 Å². The summed E-state index contributed by atoms with van der Waals surface area (Å²) in [5.41, 5.74) is 5.70. The molecule has 0 saturated carbocycles. The van der Waals surface area contributed by atoms with E-state index in [0.29, 0.717) is 6.61 Å². The number of halogens is 6. The molecule has 2 aromatic rings. The van der Waals surface area contributed by atoms with Gasteiger partial charge < -0.3 is 9.64 Å². The zero-order chi connectivity index (χ0) is 29.7. The summed E-state index contributed by atoms with van der Waals surface area (Å²) in [6.07, 6.45) is 0. The molecule has 0 fully saturated rings. The Morgan fingerprint density at radius 1 is 0.875 bits per heavy atom. The first kappa shape index (κ1) is 29.8. The van der Waals surface area contributed by atoms with Crippen LogP contribution in [0, 0.1) is 0 Å². The Hall–Kier alpha value is -3.17. The Labute approximate surface area is 232 Å². The van der Waals surface area contributed by atoms with Gasteiger partial charge in [-0.2, -0.15) is 0 Å². The SMILES string of the molecule is CN(C)c1ccc2c(-c3ccccc3C3=NC(C)(C)CO3)c3ccc(=[N+](C)C)cc-3sc2c1.F[P-](F)(F)(F)(F)F. The van der Waals surface area contributed by atoms with Crippen LogP contribution in [0.2, 0.25) is 0 Å². The molecular formula is C28H30F6N3OPS. The average molecular weight is 602 g/mol. The average Bonchev–Trinajstić information content (AvgIpc) is 3.19. The van der Waals surface area contributed by atoms with E-state index in [4.69, 9.17) is 9.73 Å². The van der Waals surface area contributed by atoms with Crippen molar-refractivity contribution in [2.24, 2.45) is 4.99 Å². The number of hydrogen-bond donors (Lipinski definition) is 0. The summed E-state index contributed by atoms with van der Waals surface area (Å²) in [5.74, 6) is 0.735. The van der Waals surface area contributed by atoms with Gasteiger partial charge in [-0.25, -0.2) is 9.57 Å². The van der Waals surface area contributed by atoms with E-state index < -0.39 is 7.81 Å². The molecule has 3 aliphatic rings. The quantitative estimate of drug-likeness (QED) is 0.102. The summed E-state index contributed by atoms with van der Waals surface area (Å²) in [6, 6.07) is 22.0. The van der Waals surface area contributed by atoms with Crippen molar-refractivity contribution in [3.8, 4) is 21.6 Å². The Balaban J connectivity index is 0.000000470. The van der Waals surface area contributed by atoms with Gasteiger partial charge in [-0.3, -0.25) is 0 Å². The van der Waals surface area contributed by atoms with Crippen LogP contribution in [0.3, 0.4) is 0 Å². The first-order valence-electron chi connectivity index (χ1n) is 12.3. The molecule has 40 heavy (non-hydrogen) atoms. The van der Waals surface area contributed by atoms with Gasteiger partial charge in [-0.05, 0) is 49.2 Å². The van der Waals surface area contributed by atoms with E-state index in [1.54, 1.807) is 0 Å². The Bertz CT molecular complexity index is 1660. The van der Waals surface area contributed by atoms with E-state index in [2.05, 4.69) is 112 Å². The van der Waals surface area contributed by atoms with Crippen molar-refractivity contribution in [3.05, 3.63) is 71.6 Å². The fraction of sp³-hybridized carbons (Fsp3) is 0.286. The molecule has 0 amide bonds. The van der Waals surface area contributed by atoms with Gasteiger partial charge in [0.2, 0.25) is 11.3 Å². The second kappa shape index (κ2) is 9.45. The zero-order valence-electron chi connectivity index (χ0n) is 22.9. The summed E-state index contributed by atoms with van der Waals surface area (Å²) in [4.78, 5) is 8.32. The van der Waals surface area contributed by atoms with Gasteiger partial charge in [0.1, 0.15) is 20.7 Å². The Morgan fingerprint density at radius 2 is 1.50 bits per heavy atom. The van der Waals surface area contributed by atoms with Gasteiger partial charge in [0.25, 0.3) is 0 Å². The molecule has 216 valence electrons. The summed E-state index contributed by atoms with van der Waals surface area (Å²) < 4.78 is 68.7. The molecule has 0 spiro atoms. The van der Waals surface area contributed by atoms with Crippen LogP contribution in [0.15, 0.2) is 65.7 Å². The van der Waals surface area contributed by atoms with E-state index in [1.165, 1.54) is 37.1 Å². The molecule has 0 atom stereocenters. The maximum atomic E-state index is 9.87. The third-order valence-electron chi connectivity index (χ3n) is 6.11. The predicted octanol–water partition coefficient (Wildman–Crippen LogP) is 8.71. The number of aliphatic imine (C=N–C) groups is 1. The maximum absolute atomic E-state index is 10.7. The second-order valence-corrected chi connectivity index (χ2v) is 13.6. The fourth-order valence-corrected chi connectivity index (χ4v) is 5.48. The monoisotopic (exact) mass is 601 g/mol. The van der Waals surface area contributed by atoms with Crippen LogP contribution in [0.5, 0.6) is 0 Å². The van der Waals surface area contributed by atoms with Crippen LogP contribution in [0.25, 0.3) is 31.7 Å². The van der Waals surface area contributed by atoms with Gasteiger partial charge in [-0.15, -0.1) is 11.3 Å². The molecular weight excluding hydrogens is 571 g/mol. The molecule has 0 N–H and O–H groups in total. The van der Waals surface area contributed by atoms with Crippen LogP contribution < -0.4 is 14.8 Å². The van der Waals surface area contributed by atoms with Crippen molar-refractivity contribution < 1.29 is 29.9 Å². The summed E-state index contributed by atoms with van der Waals surface area (Å²) in [5, 5.41) is 2.45. The van der Waals surface area contributed by atoms with Crippen molar-refractivity contribution in [2.45, 2.75) is 19.4 Å². The van der Waals surface area contributed by atoms with Gasteiger partial charge in [0.15, 0.2) is 0 Å². The molecule has 2 aromatic carbocycles. The Morgan fingerprint density at radius 3 is 2.05 bits per heavy atom. The van der Waals surface area contributed by atoms with Crippen molar-refractivity contribution >= 4 is 40.8 Å². The molecule has 0 aromatic heterocycles. The summed E-state index contributed by atoms with van der Waals surface area (Å²) in [6.45, 7) is 4.83. The number of benzene rings is 3. The molecule has 4 nitrogen and oxygen atoms in total. The fourth-order valence-electron chi connectivity index (χ4n) is 4.32. The van der Waals surface area contributed by atoms with Gasteiger partial charge in [0, 0.05) is 58.0 Å². The van der Waals surface area contributed by atoms with E-state index in [1.807, 2.05) is 11.3 Å². The molecule has 2 aliphatic heterocycles. The number of anilines is 1. The standard InChI is InChI=1S/C28H30N3OS.F6P/c1-28(2)17-32-27(29-28)21-10-8-7-9-20(21)26-22-13-11-18(30(3)4)15-24(22)33-25-16-19(31(5)6)12-14-23(25)26;1-7(2,3,4,5)6/h7-16H,17H2,1-6H3;/q+1;-1. The normalized spacial score (nSPS) is 16.4. The van der Waals surface area contributed by atoms with Gasteiger partial charge in [-0.1, -0.05) is 24.3 Å². The minimum atomic E-state index is -10.7. The predicted molar refractivity (Wildman–Crippen MR) is 155 cm³/mol. The van der Waals surface area contributed by atoms with Gasteiger partial charge in [0.05, 0.1) is 5.54 Å². The molecule has 0 bridgehead atoms. The zero-order valence-corrected chi connectivity index (χ0v) is 24.6. The van der Waals surface area contributed by atoms with Gasteiger partial charge >= 0.3 is 33.0 Å². The number of ether oxygens (including phenoxy) is 1. The first-order valence-corrected chi connectivity index (χ1v) is 15.1. The van der Waals surface area contributed by atoms with Crippen LogP contribution in [0.1, 0.15) is 19.4 Å². The van der Waals surface area contributed by atoms with E-state index >= 15 is 0 Å². The van der Waals surface area contributed by atoms with Crippen LogP contribution in [0.4, 0.5) is 30.9 Å². The summed E-state index contributed by atoms with van der Waals surface area (Å²) in [7, 11) is -2.31. The van der Waals surface area contributed by atoms with E-state index in [0.717, 1.165) is 17.0 Å². The van der Waals surface area contributed by atoms with E-state index in [9.17, 15) is 25.2 Å². The molecule has 0 radical (unpaired) electrons. The van der Waals surface area contributed by atoms with Crippen molar-refractivity contribution in [2.75, 3.05) is 39.7 Å². The molecule has 2 heterocycles. The molecule has 5 rings (SSSR count).